The van der Waals surface area contributed by atoms with E-state index in [-0.39, 0.29) is 5.91 Å². The highest BCUT2D eigenvalue weighted by atomic mass is 127. The molecule has 0 saturated carbocycles. The third kappa shape index (κ3) is 2.62. The lowest BCUT2D eigenvalue weighted by Crippen LogP contribution is -2.11. The van der Waals surface area contributed by atoms with Crippen molar-refractivity contribution in [2.24, 2.45) is 0 Å². The Morgan fingerprint density at radius 3 is 3.00 bits per heavy atom. The second kappa shape index (κ2) is 5.26. The van der Waals surface area contributed by atoms with Gasteiger partial charge in [0.1, 0.15) is 0 Å². The normalized spacial score (nSPS) is 10.6. The van der Waals surface area contributed by atoms with E-state index in [1.165, 1.54) is 0 Å². The molecule has 0 bridgehead atoms. The highest BCUT2D eigenvalue weighted by Crippen LogP contribution is 2.23. The Morgan fingerprint density at radius 2 is 2.21 bits per heavy atom. The van der Waals surface area contributed by atoms with Crippen LogP contribution in [-0.4, -0.2) is 10.9 Å². The quantitative estimate of drug-likeness (QED) is 0.679. The van der Waals surface area contributed by atoms with Crippen molar-refractivity contribution >= 4 is 56.3 Å². The number of benzene rings is 1. The monoisotopic (exact) mass is 380 g/mol. The Balaban J connectivity index is 1.95. The van der Waals surface area contributed by atoms with Gasteiger partial charge in [0.15, 0.2) is 0 Å². The minimum atomic E-state index is -0.0875. The number of halogens is 1. The smallest absolute Gasteiger partial charge is 0.256 e. The maximum absolute atomic E-state index is 12.1. The Bertz CT molecular complexity index is 749. The van der Waals surface area contributed by atoms with Crippen LogP contribution in [0.25, 0.3) is 10.8 Å². The lowest BCUT2D eigenvalue weighted by Gasteiger charge is -2.07. The molecule has 3 rings (SSSR count). The molecular weight excluding hydrogens is 371 g/mol. The van der Waals surface area contributed by atoms with E-state index in [1.54, 1.807) is 23.7 Å². The Kier molecular flexibility index (Phi) is 3.48. The largest absolute Gasteiger partial charge is 0.321 e. The maximum atomic E-state index is 12.1. The van der Waals surface area contributed by atoms with Crippen molar-refractivity contribution in [3.05, 3.63) is 56.6 Å². The second-order valence-electron chi connectivity index (χ2n) is 4.00. The first-order valence-corrected chi connectivity index (χ1v) is 7.58. The van der Waals surface area contributed by atoms with E-state index in [2.05, 4.69) is 32.9 Å². The zero-order valence-electron chi connectivity index (χ0n) is 9.76. The molecule has 94 valence electrons. The van der Waals surface area contributed by atoms with Gasteiger partial charge >= 0.3 is 0 Å². The SMILES string of the molecule is O=C(Nc1cccc2ccncc12)c1csc(I)c1. The van der Waals surface area contributed by atoms with Crippen molar-refractivity contribution in [3.63, 3.8) is 0 Å². The van der Waals surface area contributed by atoms with Gasteiger partial charge in [0, 0.05) is 23.2 Å². The van der Waals surface area contributed by atoms with E-state index in [4.69, 9.17) is 0 Å². The first-order valence-electron chi connectivity index (χ1n) is 5.62. The summed E-state index contributed by atoms with van der Waals surface area (Å²) in [5, 5.41) is 6.81. The summed E-state index contributed by atoms with van der Waals surface area (Å²) in [4.78, 5) is 16.3. The zero-order valence-corrected chi connectivity index (χ0v) is 12.7. The standard InChI is InChI=1S/C14H9IN2OS/c15-13-6-10(8-19-13)14(18)17-12-3-1-2-9-4-5-16-7-11(9)12/h1-8H,(H,17,18). The highest BCUT2D eigenvalue weighted by Gasteiger charge is 2.09. The summed E-state index contributed by atoms with van der Waals surface area (Å²) in [6.07, 6.45) is 3.51. The predicted molar refractivity (Wildman–Crippen MR) is 86.7 cm³/mol. The zero-order chi connectivity index (χ0) is 13.2. The lowest BCUT2D eigenvalue weighted by molar-refractivity contribution is 0.102. The number of nitrogens with zero attached hydrogens (tertiary/aromatic N) is 1. The van der Waals surface area contributed by atoms with Crippen molar-refractivity contribution in [1.29, 1.82) is 0 Å². The topological polar surface area (TPSA) is 42.0 Å². The summed E-state index contributed by atoms with van der Waals surface area (Å²) in [5.41, 5.74) is 1.48. The first-order chi connectivity index (χ1) is 9.24. The molecule has 0 radical (unpaired) electrons. The molecule has 2 aromatic heterocycles. The molecule has 1 N–H and O–H groups in total. The van der Waals surface area contributed by atoms with Crippen LogP contribution in [0.3, 0.4) is 0 Å². The highest BCUT2D eigenvalue weighted by molar-refractivity contribution is 14.1. The van der Waals surface area contributed by atoms with E-state index in [9.17, 15) is 4.79 Å². The van der Waals surface area contributed by atoms with Crippen LogP contribution in [-0.2, 0) is 0 Å². The van der Waals surface area contributed by atoms with Crippen molar-refractivity contribution in [2.45, 2.75) is 0 Å². The molecule has 3 nitrogen and oxygen atoms in total. The Morgan fingerprint density at radius 1 is 1.32 bits per heavy atom. The molecule has 5 heteroatoms. The van der Waals surface area contributed by atoms with Crippen LogP contribution < -0.4 is 5.32 Å². The van der Waals surface area contributed by atoms with E-state index < -0.39 is 0 Å². The molecule has 0 aliphatic heterocycles. The number of nitrogens with one attached hydrogen (secondary N) is 1. The number of pyridine rings is 1. The number of aromatic nitrogens is 1. The van der Waals surface area contributed by atoms with E-state index in [0.29, 0.717) is 5.56 Å². The van der Waals surface area contributed by atoms with Crippen molar-refractivity contribution < 1.29 is 4.79 Å². The fraction of sp³-hybridized carbons (Fsp3) is 0. The number of carbonyl (C=O) groups is 1. The van der Waals surface area contributed by atoms with Crippen LogP contribution in [0.4, 0.5) is 5.69 Å². The number of rotatable bonds is 2. The van der Waals surface area contributed by atoms with Crippen LogP contribution in [0.5, 0.6) is 0 Å². The molecule has 0 atom stereocenters. The molecule has 0 spiro atoms. The predicted octanol–water partition coefficient (Wildman–Crippen LogP) is 4.15. The number of hydrogen-bond acceptors (Lipinski definition) is 3. The molecule has 1 amide bonds. The Labute approximate surface area is 127 Å². The minimum absolute atomic E-state index is 0.0875. The molecule has 0 fully saturated rings. The van der Waals surface area contributed by atoms with Gasteiger partial charge < -0.3 is 5.32 Å². The van der Waals surface area contributed by atoms with E-state index >= 15 is 0 Å². The summed E-state index contributed by atoms with van der Waals surface area (Å²) in [6, 6.07) is 9.62. The molecular formula is C14H9IN2OS. The molecule has 19 heavy (non-hydrogen) atoms. The van der Waals surface area contributed by atoms with Gasteiger partial charge in [-0.3, -0.25) is 9.78 Å². The van der Waals surface area contributed by atoms with E-state index in [0.717, 1.165) is 19.3 Å². The fourth-order valence-corrected chi connectivity index (χ4v) is 3.17. The average Bonchev–Trinajstić information content (AvgIpc) is 2.86. The van der Waals surface area contributed by atoms with Crippen molar-refractivity contribution in [3.8, 4) is 0 Å². The summed E-state index contributed by atoms with van der Waals surface area (Å²) < 4.78 is 1.10. The number of thiophene rings is 1. The second-order valence-corrected chi connectivity index (χ2v) is 6.80. The third-order valence-electron chi connectivity index (χ3n) is 2.76. The van der Waals surface area contributed by atoms with Gasteiger partial charge in [0.2, 0.25) is 0 Å². The number of anilines is 1. The summed E-state index contributed by atoms with van der Waals surface area (Å²) >= 11 is 3.77. The number of carbonyl (C=O) groups excluding carboxylic acids is 1. The van der Waals surface area contributed by atoms with Gasteiger partial charge in [-0.1, -0.05) is 12.1 Å². The molecule has 0 aliphatic rings. The molecule has 0 aliphatic carbocycles. The number of hydrogen-bond donors (Lipinski definition) is 1. The summed E-state index contributed by atoms with van der Waals surface area (Å²) in [6.45, 7) is 0. The Hall–Kier alpha value is -1.47. The maximum Gasteiger partial charge on any atom is 0.256 e. The van der Waals surface area contributed by atoms with Gasteiger partial charge in [-0.05, 0) is 46.2 Å². The number of amides is 1. The van der Waals surface area contributed by atoms with Gasteiger partial charge in [-0.25, -0.2) is 0 Å². The van der Waals surface area contributed by atoms with Crippen molar-refractivity contribution in [1.82, 2.24) is 4.98 Å². The van der Waals surface area contributed by atoms with Crippen LogP contribution in [0, 0.1) is 2.88 Å². The first kappa shape index (κ1) is 12.6. The molecule has 0 unspecified atom stereocenters. The van der Waals surface area contributed by atoms with Crippen LogP contribution in [0.1, 0.15) is 10.4 Å². The third-order valence-corrected chi connectivity index (χ3v) is 4.55. The van der Waals surface area contributed by atoms with Gasteiger partial charge in [-0.15, -0.1) is 11.3 Å². The van der Waals surface area contributed by atoms with Gasteiger partial charge in [0.05, 0.1) is 14.1 Å². The molecule has 3 aromatic rings. The van der Waals surface area contributed by atoms with Gasteiger partial charge in [-0.2, -0.15) is 0 Å². The average molecular weight is 380 g/mol. The van der Waals surface area contributed by atoms with Crippen molar-refractivity contribution in [2.75, 3.05) is 5.32 Å². The molecule has 1 aromatic carbocycles. The summed E-state index contributed by atoms with van der Waals surface area (Å²) in [7, 11) is 0. The minimum Gasteiger partial charge on any atom is -0.321 e. The number of fused-ring (bicyclic) bond motifs is 1. The van der Waals surface area contributed by atoms with Crippen LogP contribution in [0.2, 0.25) is 0 Å². The van der Waals surface area contributed by atoms with Crippen LogP contribution in [0.15, 0.2) is 48.1 Å². The molecule has 0 saturated heterocycles. The summed E-state index contributed by atoms with van der Waals surface area (Å²) in [5.74, 6) is -0.0875. The van der Waals surface area contributed by atoms with E-state index in [1.807, 2.05) is 35.7 Å². The van der Waals surface area contributed by atoms with Gasteiger partial charge in [0.25, 0.3) is 5.91 Å². The molecule has 2 heterocycles. The lowest BCUT2D eigenvalue weighted by atomic mass is 10.1. The van der Waals surface area contributed by atoms with Crippen LogP contribution >= 0.6 is 33.9 Å². The fourth-order valence-electron chi connectivity index (χ4n) is 1.85.